The highest BCUT2D eigenvalue weighted by atomic mass is 19.1. The highest BCUT2D eigenvalue weighted by Gasteiger charge is 2.13. The van der Waals surface area contributed by atoms with E-state index in [4.69, 9.17) is 10.5 Å². The lowest BCUT2D eigenvalue weighted by Gasteiger charge is -2.26. The van der Waals surface area contributed by atoms with E-state index in [-0.39, 0.29) is 11.9 Å². The normalized spacial score (nSPS) is 12.5. The Labute approximate surface area is 115 Å². The van der Waals surface area contributed by atoms with Crippen molar-refractivity contribution in [3.63, 3.8) is 0 Å². The predicted octanol–water partition coefficient (Wildman–Crippen LogP) is 2.58. The molecular formula is C15H25FN2O. The first-order valence-corrected chi connectivity index (χ1v) is 6.90. The van der Waals surface area contributed by atoms with Crippen molar-refractivity contribution in [3.8, 4) is 0 Å². The third-order valence-electron chi connectivity index (χ3n) is 3.34. The van der Waals surface area contributed by atoms with Gasteiger partial charge in [-0.25, -0.2) is 4.39 Å². The molecule has 0 aliphatic carbocycles. The first kappa shape index (κ1) is 15.9. The summed E-state index contributed by atoms with van der Waals surface area (Å²) in [4.78, 5) is 2.20. The molecule has 0 radical (unpaired) electrons. The maximum absolute atomic E-state index is 13.4. The topological polar surface area (TPSA) is 38.5 Å². The monoisotopic (exact) mass is 268 g/mol. The van der Waals surface area contributed by atoms with Crippen LogP contribution in [0.4, 0.5) is 10.1 Å². The molecule has 0 aromatic heterocycles. The van der Waals surface area contributed by atoms with Gasteiger partial charge in [0.05, 0.1) is 6.61 Å². The first-order valence-electron chi connectivity index (χ1n) is 6.90. The summed E-state index contributed by atoms with van der Waals surface area (Å²) >= 11 is 0. The Kier molecular flexibility index (Phi) is 6.81. The predicted molar refractivity (Wildman–Crippen MR) is 78.1 cm³/mol. The minimum Gasteiger partial charge on any atom is -0.383 e. The highest BCUT2D eigenvalue weighted by Crippen LogP contribution is 2.23. The molecule has 1 unspecified atom stereocenters. The first-order chi connectivity index (χ1) is 9.12. The van der Waals surface area contributed by atoms with Crippen molar-refractivity contribution >= 4 is 5.69 Å². The van der Waals surface area contributed by atoms with E-state index in [1.165, 1.54) is 6.07 Å². The molecule has 0 fully saturated rings. The van der Waals surface area contributed by atoms with Crippen LogP contribution in [0.2, 0.25) is 0 Å². The molecule has 1 aromatic carbocycles. The Hall–Kier alpha value is -1.13. The van der Waals surface area contributed by atoms with Gasteiger partial charge in [-0.1, -0.05) is 6.92 Å². The van der Waals surface area contributed by atoms with Crippen LogP contribution in [0.5, 0.6) is 0 Å². The quantitative estimate of drug-likeness (QED) is 0.787. The fourth-order valence-electron chi connectivity index (χ4n) is 2.10. The largest absolute Gasteiger partial charge is 0.383 e. The highest BCUT2D eigenvalue weighted by molar-refractivity contribution is 5.54. The van der Waals surface area contributed by atoms with E-state index in [1.807, 2.05) is 13.0 Å². The average Bonchev–Trinajstić information content (AvgIpc) is 2.41. The Balaban J connectivity index is 2.96. The van der Waals surface area contributed by atoms with E-state index in [2.05, 4.69) is 11.8 Å². The van der Waals surface area contributed by atoms with Crippen LogP contribution >= 0.6 is 0 Å². The van der Waals surface area contributed by atoms with Gasteiger partial charge in [-0.3, -0.25) is 0 Å². The van der Waals surface area contributed by atoms with Gasteiger partial charge in [0.25, 0.3) is 0 Å². The van der Waals surface area contributed by atoms with E-state index in [1.54, 1.807) is 13.2 Å². The van der Waals surface area contributed by atoms with Crippen LogP contribution in [0.25, 0.3) is 0 Å². The number of methoxy groups -OCH3 is 1. The van der Waals surface area contributed by atoms with Gasteiger partial charge in [0.15, 0.2) is 0 Å². The summed E-state index contributed by atoms with van der Waals surface area (Å²) in [5.74, 6) is -0.204. The summed E-state index contributed by atoms with van der Waals surface area (Å²) < 4.78 is 18.6. The number of hydrogen-bond acceptors (Lipinski definition) is 3. The van der Waals surface area contributed by atoms with Gasteiger partial charge < -0.3 is 15.4 Å². The molecule has 0 aliphatic rings. The Morgan fingerprint density at radius 3 is 2.68 bits per heavy atom. The fraction of sp³-hybridized carbons (Fsp3) is 0.600. The van der Waals surface area contributed by atoms with Gasteiger partial charge in [-0.2, -0.15) is 0 Å². The van der Waals surface area contributed by atoms with Crippen LogP contribution in [0.3, 0.4) is 0 Å². The van der Waals surface area contributed by atoms with Crippen LogP contribution in [0.15, 0.2) is 18.2 Å². The lowest BCUT2D eigenvalue weighted by atomic mass is 10.0. The second-order valence-electron chi connectivity index (χ2n) is 4.72. The molecule has 0 saturated carbocycles. The standard InChI is InChI=1S/C15H25FN2O/c1-4-14(17)11-12-10-13(16)6-7-15(12)18(5-2)8-9-19-3/h6-7,10,14H,4-5,8-9,11,17H2,1-3H3. The van der Waals surface area contributed by atoms with E-state index >= 15 is 0 Å². The van der Waals surface area contributed by atoms with E-state index in [0.29, 0.717) is 13.0 Å². The van der Waals surface area contributed by atoms with Gasteiger partial charge >= 0.3 is 0 Å². The zero-order valence-electron chi connectivity index (χ0n) is 12.2. The second kappa shape index (κ2) is 8.12. The van der Waals surface area contributed by atoms with Gasteiger partial charge in [0.2, 0.25) is 0 Å². The van der Waals surface area contributed by atoms with Crippen LogP contribution in [0, 0.1) is 5.82 Å². The van der Waals surface area contributed by atoms with Crippen molar-refractivity contribution in [2.75, 3.05) is 31.7 Å². The molecule has 0 saturated heterocycles. The SMILES string of the molecule is CCC(N)Cc1cc(F)ccc1N(CC)CCOC. The molecule has 0 spiro atoms. The van der Waals surface area contributed by atoms with Gasteiger partial charge in [0, 0.05) is 31.9 Å². The molecule has 0 bridgehead atoms. The van der Waals surface area contributed by atoms with Gasteiger partial charge in [-0.15, -0.1) is 0 Å². The Morgan fingerprint density at radius 2 is 2.11 bits per heavy atom. The molecular weight excluding hydrogens is 243 g/mol. The number of likely N-dealkylation sites (N-methyl/N-ethyl adjacent to an activating group) is 1. The number of nitrogens with zero attached hydrogens (tertiary/aromatic N) is 1. The minimum absolute atomic E-state index is 0.0710. The maximum Gasteiger partial charge on any atom is 0.123 e. The zero-order valence-corrected chi connectivity index (χ0v) is 12.2. The summed E-state index contributed by atoms with van der Waals surface area (Å²) in [7, 11) is 1.69. The average molecular weight is 268 g/mol. The smallest absolute Gasteiger partial charge is 0.123 e. The van der Waals surface area contributed by atoms with E-state index in [0.717, 1.165) is 30.8 Å². The molecule has 1 atom stereocenters. The maximum atomic E-state index is 13.4. The summed E-state index contributed by atoms with van der Waals surface area (Å²) in [6, 6.07) is 5.01. The van der Waals surface area contributed by atoms with Crippen molar-refractivity contribution in [2.24, 2.45) is 5.73 Å². The van der Waals surface area contributed by atoms with Crippen LogP contribution < -0.4 is 10.6 Å². The van der Waals surface area contributed by atoms with Crippen LogP contribution in [0.1, 0.15) is 25.8 Å². The number of hydrogen-bond donors (Lipinski definition) is 1. The number of rotatable bonds is 8. The van der Waals surface area contributed by atoms with Crippen molar-refractivity contribution < 1.29 is 9.13 Å². The Morgan fingerprint density at radius 1 is 1.37 bits per heavy atom. The fourth-order valence-corrected chi connectivity index (χ4v) is 2.10. The van der Waals surface area contributed by atoms with Gasteiger partial charge in [0.1, 0.15) is 5.82 Å². The molecule has 1 aromatic rings. The Bertz CT molecular complexity index is 384. The minimum atomic E-state index is -0.204. The molecule has 3 nitrogen and oxygen atoms in total. The van der Waals surface area contributed by atoms with E-state index < -0.39 is 0 Å². The molecule has 2 N–H and O–H groups in total. The molecule has 0 aliphatic heterocycles. The molecule has 4 heteroatoms. The lowest BCUT2D eigenvalue weighted by Crippen LogP contribution is -2.29. The number of ether oxygens (including phenoxy) is 1. The van der Waals surface area contributed by atoms with Crippen LogP contribution in [-0.4, -0.2) is 32.8 Å². The van der Waals surface area contributed by atoms with E-state index in [9.17, 15) is 4.39 Å². The number of nitrogens with two attached hydrogens (primary N) is 1. The third-order valence-corrected chi connectivity index (χ3v) is 3.34. The summed E-state index contributed by atoms with van der Waals surface area (Å²) in [6.45, 7) is 6.45. The van der Waals surface area contributed by atoms with Crippen LogP contribution in [-0.2, 0) is 11.2 Å². The summed E-state index contributed by atoms with van der Waals surface area (Å²) in [5.41, 5.74) is 8.04. The van der Waals surface area contributed by atoms with Crippen molar-refractivity contribution in [1.29, 1.82) is 0 Å². The number of benzene rings is 1. The number of halogens is 1. The van der Waals surface area contributed by atoms with Crippen molar-refractivity contribution in [3.05, 3.63) is 29.6 Å². The van der Waals surface area contributed by atoms with Crippen molar-refractivity contribution in [1.82, 2.24) is 0 Å². The van der Waals surface area contributed by atoms with Gasteiger partial charge in [-0.05, 0) is 43.5 Å². The molecule has 0 heterocycles. The second-order valence-corrected chi connectivity index (χ2v) is 4.72. The lowest BCUT2D eigenvalue weighted by molar-refractivity contribution is 0.205. The molecule has 0 amide bonds. The third kappa shape index (κ3) is 4.80. The molecule has 1 rings (SSSR count). The molecule has 19 heavy (non-hydrogen) atoms. The summed E-state index contributed by atoms with van der Waals surface area (Å²) in [5, 5.41) is 0. The zero-order chi connectivity index (χ0) is 14.3. The number of anilines is 1. The summed E-state index contributed by atoms with van der Waals surface area (Å²) in [6.07, 6.45) is 1.59. The molecule has 108 valence electrons. The van der Waals surface area contributed by atoms with Crippen molar-refractivity contribution in [2.45, 2.75) is 32.7 Å².